The highest BCUT2D eigenvalue weighted by Gasteiger charge is 2.43. The first-order valence-electron chi connectivity index (χ1n) is 11.4. The van der Waals surface area contributed by atoms with Crippen LogP contribution in [0.2, 0.25) is 0 Å². The number of hydrogen-bond acceptors (Lipinski definition) is 14. The van der Waals surface area contributed by atoms with Crippen LogP contribution in [-0.4, -0.2) is 86.8 Å². The second-order valence-electron chi connectivity index (χ2n) is 8.77. The Hall–Kier alpha value is -3.09. The Morgan fingerprint density at radius 3 is 2.61 bits per heavy atom. The molecule has 0 bridgehead atoms. The summed E-state index contributed by atoms with van der Waals surface area (Å²) in [5.74, 6) is 0.137. The van der Waals surface area contributed by atoms with Gasteiger partial charge in [-0.2, -0.15) is 4.98 Å². The first-order valence-corrected chi connectivity index (χ1v) is 12.9. The molecule has 7 atom stereocenters. The van der Waals surface area contributed by atoms with Gasteiger partial charge in [0.05, 0.1) is 25.6 Å². The number of nitrogens with two attached hydrogens (primary N) is 1. The number of aromatic nitrogens is 7. The van der Waals surface area contributed by atoms with Gasteiger partial charge >= 0.3 is 13.5 Å². The van der Waals surface area contributed by atoms with Gasteiger partial charge in [-0.1, -0.05) is 0 Å². The molecule has 0 aromatic carbocycles. The average molecular weight is 556 g/mol. The lowest BCUT2D eigenvalue weighted by atomic mass is 10.2. The van der Waals surface area contributed by atoms with Gasteiger partial charge in [-0.3, -0.25) is 23.0 Å². The number of H-pyrrole nitrogens is 1. The summed E-state index contributed by atoms with van der Waals surface area (Å²) in [6.45, 7) is 0.517. The lowest BCUT2D eigenvalue weighted by Gasteiger charge is -2.21. The van der Waals surface area contributed by atoms with E-state index >= 15 is 0 Å². The zero-order valence-electron chi connectivity index (χ0n) is 19.9. The zero-order chi connectivity index (χ0) is 27.2. The minimum Gasteiger partial charge on any atom is -0.394 e. The fourth-order valence-corrected chi connectivity index (χ4v) is 5.31. The van der Waals surface area contributed by atoms with E-state index < -0.39 is 69.2 Å². The van der Waals surface area contributed by atoms with Crippen molar-refractivity contribution in [3.63, 3.8) is 0 Å². The fourth-order valence-electron chi connectivity index (χ4n) is 4.35. The first-order chi connectivity index (χ1) is 18.0. The number of ether oxygens (including phenoxy) is 2. The summed E-state index contributed by atoms with van der Waals surface area (Å²) in [4.78, 5) is 52.5. The molecule has 5 rings (SSSR count). The Bertz CT molecular complexity index is 1490. The quantitative estimate of drug-likeness (QED) is 0.190. The van der Waals surface area contributed by atoms with Gasteiger partial charge in [0.25, 0.3) is 5.56 Å². The van der Waals surface area contributed by atoms with Gasteiger partial charge in [-0.25, -0.2) is 24.3 Å². The summed E-state index contributed by atoms with van der Waals surface area (Å²) >= 11 is 0. The molecule has 206 valence electrons. The van der Waals surface area contributed by atoms with E-state index in [1.165, 1.54) is 10.9 Å². The van der Waals surface area contributed by atoms with Crippen molar-refractivity contribution in [2.24, 2.45) is 0 Å². The summed E-state index contributed by atoms with van der Waals surface area (Å²) in [6.07, 6.45) is -3.60. The number of aromatic amines is 1. The topological polar surface area (TPSA) is 252 Å². The molecule has 6 N–H and O–H groups in total. The molecular weight excluding hydrogens is 531 g/mol. The summed E-state index contributed by atoms with van der Waals surface area (Å²) in [5, 5.41) is 20.1. The summed E-state index contributed by atoms with van der Waals surface area (Å²) in [5.41, 5.74) is 4.57. The van der Waals surface area contributed by atoms with Crippen LogP contribution in [0.4, 0.5) is 5.95 Å². The van der Waals surface area contributed by atoms with Crippen molar-refractivity contribution in [2.75, 3.05) is 18.9 Å². The smallest absolute Gasteiger partial charge is 0.394 e. The third-order valence-electron chi connectivity index (χ3n) is 6.15. The Morgan fingerprint density at radius 2 is 1.87 bits per heavy atom. The molecule has 19 heteroatoms. The number of fused-ring (bicyclic) bond motifs is 1. The maximum absolute atomic E-state index is 12.7. The van der Waals surface area contributed by atoms with E-state index in [1.807, 2.05) is 0 Å². The van der Waals surface area contributed by atoms with Gasteiger partial charge in [0.2, 0.25) is 5.95 Å². The fraction of sp³-hybridized carbons (Fsp3) is 0.579. The normalized spacial score (nSPS) is 29.2. The van der Waals surface area contributed by atoms with Crippen molar-refractivity contribution in [2.45, 2.75) is 56.6 Å². The van der Waals surface area contributed by atoms with Crippen LogP contribution in [0.1, 0.15) is 31.1 Å². The Labute approximate surface area is 212 Å². The number of aliphatic hydroxyl groups is 2. The monoisotopic (exact) mass is 556 g/mol. The van der Waals surface area contributed by atoms with E-state index in [0.29, 0.717) is 5.82 Å². The molecule has 18 nitrogen and oxygen atoms in total. The second kappa shape index (κ2) is 10.2. The van der Waals surface area contributed by atoms with Crippen LogP contribution in [0.3, 0.4) is 0 Å². The van der Waals surface area contributed by atoms with E-state index in [4.69, 9.17) is 24.3 Å². The Balaban J connectivity index is 1.22. The van der Waals surface area contributed by atoms with Crippen LogP contribution in [-0.2, 0) is 23.1 Å². The maximum Gasteiger partial charge on any atom is 0.472 e. The van der Waals surface area contributed by atoms with Crippen molar-refractivity contribution >= 4 is 24.9 Å². The van der Waals surface area contributed by atoms with Crippen LogP contribution in [0, 0.1) is 6.92 Å². The van der Waals surface area contributed by atoms with Gasteiger partial charge in [-0.05, 0) is 6.92 Å². The molecular formula is C19H25N8O10P. The molecule has 3 aromatic heterocycles. The number of aryl methyl sites for hydroxylation is 1. The van der Waals surface area contributed by atoms with E-state index in [1.54, 1.807) is 6.92 Å². The third kappa shape index (κ3) is 5.25. The summed E-state index contributed by atoms with van der Waals surface area (Å²) < 4.78 is 36.8. The number of phosphoric acid groups is 1. The minimum atomic E-state index is -4.74. The maximum atomic E-state index is 12.7. The molecule has 3 unspecified atom stereocenters. The van der Waals surface area contributed by atoms with Gasteiger partial charge in [0.15, 0.2) is 11.2 Å². The molecule has 0 spiro atoms. The Morgan fingerprint density at radius 1 is 1.16 bits per heavy atom. The third-order valence-corrected chi connectivity index (χ3v) is 7.16. The number of rotatable bonds is 8. The van der Waals surface area contributed by atoms with Crippen molar-refractivity contribution in [1.29, 1.82) is 0 Å². The van der Waals surface area contributed by atoms with E-state index in [9.17, 15) is 29.3 Å². The van der Waals surface area contributed by atoms with Crippen LogP contribution >= 0.6 is 7.82 Å². The van der Waals surface area contributed by atoms with Crippen LogP contribution in [0.25, 0.3) is 11.2 Å². The number of hydrogen-bond donors (Lipinski definition) is 5. The number of anilines is 1. The molecule has 0 aliphatic carbocycles. The highest BCUT2D eigenvalue weighted by molar-refractivity contribution is 7.47. The number of imidazole rings is 1. The van der Waals surface area contributed by atoms with E-state index in [2.05, 4.69) is 24.9 Å². The highest BCUT2D eigenvalue weighted by atomic mass is 31.2. The average Bonchev–Trinajstić information content (AvgIpc) is 3.54. The molecule has 3 aromatic rings. The van der Waals surface area contributed by atoms with Gasteiger partial charge in [0, 0.05) is 12.8 Å². The van der Waals surface area contributed by atoms with Crippen LogP contribution in [0.5, 0.6) is 0 Å². The highest BCUT2D eigenvalue weighted by Crippen LogP contribution is 2.49. The number of nitrogens with zero attached hydrogens (tertiary/aromatic N) is 6. The minimum absolute atomic E-state index is 0.0761. The molecule has 2 aliphatic heterocycles. The largest absolute Gasteiger partial charge is 0.472 e. The molecule has 0 amide bonds. The van der Waals surface area contributed by atoms with Gasteiger partial charge in [0.1, 0.15) is 42.9 Å². The Kier molecular flexibility index (Phi) is 7.14. The van der Waals surface area contributed by atoms with Crippen molar-refractivity contribution < 1.29 is 38.2 Å². The predicted octanol–water partition coefficient (Wildman–Crippen LogP) is -1.91. The standard InChI is InChI=1S/C19H25N8O10P/c1-8-23-16-15(17(30)24-8)21-6-26(16)13-2-9(29)12(36-13)5-34-38(32,33)37-10-3-14(35-11(10)4-28)27-7-22-18(20)25-19(27)31/h6-7,9-14,28-29H,2-5H2,1H3,(H,32,33)(H2,20,25,31)(H,23,24,30)/t9?,10?,11-,12-,13-,14+/m1/s1. The number of aliphatic hydroxyl groups excluding tert-OH is 2. The molecule has 2 saturated heterocycles. The molecule has 0 saturated carbocycles. The van der Waals surface area contributed by atoms with E-state index in [0.717, 1.165) is 10.9 Å². The molecule has 2 fully saturated rings. The zero-order valence-corrected chi connectivity index (χ0v) is 20.7. The first kappa shape index (κ1) is 26.5. The molecule has 2 aliphatic rings. The summed E-state index contributed by atoms with van der Waals surface area (Å²) in [7, 11) is -4.74. The van der Waals surface area contributed by atoms with Crippen molar-refractivity contribution in [1.82, 2.24) is 34.1 Å². The number of phosphoric ester groups is 1. The predicted molar refractivity (Wildman–Crippen MR) is 124 cm³/mol. The molecule has 5 heterocycles. The second-order valence-corrected chi connectivity index (χ2v) is 10.2. The van der Waals surface area contributed by atoms with E-state index in [-0.39, 0.29) is 30.0 Å². The van der Waals surface area contributed by atoms with Gasteiger partial charge in [-0.15, -0.1) is 0 Å². The van der Waals surface area contributed by atoms with Crippen molar-refractivity contribution in [3.8, 4) is 0 Å². The molecule has 0 radical (unpaired) electrons. The van der Waals surface area contributed by atoms with Crippen molar-refractivity contribution in [3.05, 3.63) is 39.3 Å². The summed E-state index contributed by atoms with van der Waals surface area (Å²) in [6, 6.07) is 0. The van der Waals surface area contributed by atoms with Gasteiger partial charge < -0.3 is 35.3 Å². The van der Waals surface area contributed by atoms with Crippen LogP contribution < -0.4 is 17.0 Å². The lowest BCUT2D eigenvalue weighted by Crippen LogP contribution is -2.29. The van der Waals surface area contributed by atoms with Crippen LogP contribution in [0.15, 0.2) is 22.2 Å². The number of nitrogens with one attached hydrogen (secondary N) is 1. The number of nitrogen functional groups attached to an aromatic ring is 1. The molecule has 38 heavy (non-hydrogen) atoms. The lowest BCUT2D eigenvalue weighted by molar-refractivity contribution is -0.0565. The SMILES string of the molecule is Cc1nc2c(ncn2[C@H]2CC(O)[C@@H](COP(=O)(O)OC3C[C@@H](n4cnc(N)nc4=O)O[C@@H]3CO)O2)c(=O)[nH]1.